The Hall–Kier alpha value is -0.670. The van der Waals surface area contributed by atoms with Gasteiger partial charge in [-0.25, -0.2) is 0 Å². The molecule has 1 atom stereocenters. The lowest BCUT2D eigenvalue weighted by molar-refractivity contribution is -0.118. The number of carbonyl (C=O) groups is 2. The van der Waals surface area contributed by atoms with Crippen LogP contribution in [0.25, 0.3) is 0 Å². The van der Waals surface area contributed by atoms with Crippen molar-refractivity contribution < 1.29 is 9.59 Å². The number of halogens is 1. The summed E-state index contributed by atoms with van der Waals surface area (Å²) in [6, 6.07) is 3.31. The Morgan fingerprint density at radius 1 is 1.46 bits per heavy atom. The summed E-state index contributed by atoms with van der Waals surface area (Å²) in [4.78, 5) is 23.0. The highest BCUT2D eigenvalue weighted by molar-refractivity contribution is 7.18. The van der Waals surface area contributed by atoms with Crippen LogP contribution in [0.1, 0.15) is 23.5 Å². The molecule has 2 nitrogen and oxygen atoms in total. The maximum Gasteiger partial charge on any atom is 0.182 e. The normalized spacial score (nSPS) is 12.5. The van der Waals surface area contributed by atoms with Gasteiger partial charge in [0.05, 0.1) is 15.1 Å². The molecule has 0 aliphatic heterocycles. The molecule has 13 heavy (non-hydrogen) atoms. The van der Waals surface area contributed by atoms with Crippen molar-refractivity contribution in [3.8, 4) is 0 Å². The Balaban J connectivity index is 2.85. The average molecular weight is 217 g/mol. The van der Waals surface area contributed by atoms with Crippen molar-refractivity contribution in [3.05, 3.63) is 21.3 Å². The number of hydrogen-bond donors (Lipinski definition) is 0. The van der Waals surface area contributed by atoms with E-state index in [4.69, 9.17) is 11.6 Å². The molecule has 0 radical (unpaired) electrons. The number of carbonyl (C=O) groups excluding carboxylic acids is 2. The molecule has 1 heterocycles. The van der Waals surface area contributed by atoms with Crippen LogP contribution in [0.4, 0.5) is 0 Å². The standard InChI is InChI=1S/C9H9ClO2S/c1-5(6(2)11)9(12)7-3-4-8(10)13-7/h3-5H,1-2H3. The van der Waals surface area contributed by atoms with E-state index in [-0.39, 0.29) is 11.6 Å². The average Bonchev–Trinajstić information content (AvgIpc) is 2.49. The molecule has 0 saturated carbocycles. The van der Waals surface area contributed by atoms with Crippen molar-refractivity contribution in [2.45, 2.75) is 13.8 Å². The van der Waals surface area contributed by atoms with Gasteiger partial charge in [-0.1, -0.05) is 11.6 Å². The highest BCUT2D eigenvalue weighted by atomic mass is 35.5. The first-order chi connectivity index (χ1) is 6.02. The van der Waals surface area contributed by atoms with Gasteiger partial charge >= 0.3 is 0 Å². The molecule has 70 valence electrons. The van der Waals surface area contributed by atoms with Gasteiger partial charge < -0.3 is 0 Å². The Labute approximate surface area is 85.5 Å². The zero-order valence-corrected chi connectivity index (χ0v) is 8.91. The second-order valence-electron chi connectivity index (χ2n) is 2.80. The summed E-state index contributed by atoms with van der Waals surface area (Å²) in [7, 11) is 0. The van der Waals surface area contributed by atoms with E-state index < -0.39 is 5.92 Å². The summed E-state index contributed by atoms with van der Waals surface area (Å²) in [5.41, 5.74) is 0. The molecule has 1 unspecified atom stereocenters. The molecule has 0 N–H and O–H groups in total. The van der Waals surface area contributed by atoms with E-state index in [1.807, 2.05) is 0 Å². The maximum atomic E-state index is 11.5. The van der Waals surface area contributed by atoms with Gasteiger partial charge in [0, 0.05) is 0 Å². The summed E-state index contributed by atoms with van der Waals surface area (Å²) in [6.07, 6.45) is 0. The Bertz CT molecular complexity index is 343. The highest BCUT2D eigenvalue weighted by Gasteiger charge is 2.20. The molecular weight excluding hydrogens is 208 g/mol. The third-order valence-corrected chi connectivity index (χ3v) is 3.06. The number of ketones is 2. The summed E-state index contributed by atoms with van der Waals surface area (Å²) >= 11 is 6.88. The van der Waals surface area contributed by atoms with Crippen molar-refractivity contribution in [3.63, 3.8) is 0 Å². The van der Waals surface area contributed by atoms with Crippen LogP contribution in [0, 0.1) is 5.92 Å². The van der Waals surface area contributed by atoms with Crippen LogP contribution < -0.4 is 0 Å². The fourth-order valence-electron chi connectivity index (χ4n) is 0.845. The lowest BCUT2D eigenvalue weighted by Crippen LogP contribution is -2.17. The predicted octanol–water partition coefficient (Wildman–Crippen LogP) is 2.81. The quantitative estimate of drug-likeness (QED) is 0.575. The third kappa shape index (κ3) is 2.39. The lowest BCUT2D eigenvalue weighted by Gasteiger charge is -2.02. The summed E-state index contributed by atoms with van der Waals surface area (Å²) in [6.45, 7) is 3.02. The summed E-state index contributed by atoms with van der Waals surface area (Å²) < 4.78 is 0.569. The second-order valence-corrected chi connectivity index (χ2v) is 4.52. The van der Waals surface area contributed by atoms with Gasteiger partial charge in [0.2, 0.25) is 0 Å². The molecule has 1 aromatic heterocycles. The molecule has 0 fully saturated rings. The number of thiophene rings is 1. The summed E-state index contributed by atoms with van der Waals surface area (Å²) in [5, 5.41) is 0. The van der Waals surface area contributed by atoms with Crippen LogP contribution >= 0.6 is 22.9 Å². The van der Waals surface area contributed by atoms with E-state index in [1.165, 1.54) is 18.3 Å². The van der Waals surface area contributed by atoms with E-state index in [1.54, 1.807) is 19.1 Å². The molecule has 0 aliphatic carbocycles. The first-order valence-electron chi connectivity index (χ1n) is 3.82. The Morgan fingerprint density at radius 3 is 2.46 bits per heavy atom. The van der Waals surface area contributed by atoms with Crippen molar-refractivity contribution in [2.75, 3.05) is 0 Å². The molecule has 0 bridgehead atoms. The third-order valence-electron chi connectivity index (χ3n) is 1.82. The first kappa shape index (κ1) is 10.4. The minimum absolute atomic E-state index is 0.116. The SMILES string of the molecule is CC(=O)C(C)C(=O)c1ccc(Cl)s1. The van der Waals surface area contributed by atoms with Gasteiger partial charge in [-0.15, -0.1) is 11.3 Å². The van der Waals surface area contributed by atoms with Gasteiger partial charge in [0.25, 0.3) is 0 Å². The van der Waals surface area contributed by atoms with Gasteiger partial charge in [-0.05, 0) is 26.0 Å². The van der Waals surface area contributed by atoms with Crippen LogP contribution in [0.5, 0.6) is 0 Å². The van der Waals surface area contributed by atoms with E-state index in [0.717, 1.165) is 0 Å². The second kappa shape index (κ2) is 4.03. The molecular formula is C9H9ClO2S. The zero-order valence-electron chi connectivity index (χ0n) is 7.33. The minimum atomic E-state index is -0.560. The zero-order chi connectivity index (χ0) is 10.0. The largest absolute Gasteiger partial charge is 0.299 e. The van der Waals surface area contributed by atoms with E-state index in [9.17, 15) is 9.59 Å². The molecule has 0 aromatic carbocycles. The number of rotatable bonds is 3. The predicted molar refractivity (Wildman–Crippen MR) is 53.5 cm³/mol. The smallest absolute Gasteiger partial charge is 0.182 e. The minimum Gasteiger partial charge on any atom is -0.299 e. The Kier molecular flexibility index (Phi) is 3.22. The fraction of sp³-hybridized carbons (Fsp3) is 0.333. The Morgan fingerprint density at radius 2 is 2.08 bits per heavy atom. The summed E-state index contributed by atoms with van der Waals surface area (Å²) in [5.74, 6) is -0.825. The monoisotopic (exact) mass is 216 g/mol. The van der Waals surface area contributed by atoms with E-state index in [2.05, 4.69) is 0 Å². The van der Waals surface area contributed by atoms with Crippen LogP contribution in [0.15, 0.2) is 12.1 Å². The van der Waals surface area contributed by atoms with Gasteiger partial charge in [0.15, 0.2) is 5.78 Å². The van der Waals surface area contributed by atoms with E-state index in [0.29, 0.717) is 9.21 Å². The van der Waals surface area contributed by atoms with Gasteiger partial charge in [0.1, 0.15) is 5.78 Å². The van der Waals surface area contributed by atoms with Gasteiger partial charge in [-0.3, -0.25) is 9.59 Å². The molecule has 0 amide bonds. The van der Waals surface area contributed by atoms with Crippen LogP contribution in [-0.2, 0) is 4.79 Å². The van der Waals surface area contributed by atoms with Crippen molar-refractivity contribution in [1.82, 2.24) is 0 Å². The van der Waals surface area contributed by atoms with Crippen LogP contribution in [0.3, 0.4) is 0 Å². The van der Waals surface area contributed by atoms with Crippen molar-refractivity contribution >= 4 is 34.5 Å². The molecule has 0 aliphatic rings. The molecule has 1 aromatic rings. The topological polar surface area (TPSA) is 34.1 Å². The van der Waals surface area contributed by atoms with E-state index >= 15 is 0 Å². The van der Waals surface area contributed by atoms with Crippen molar-refractivity contribution in [1.29, 1.82) is 0 Å². The molecule has 4 heteroatoms. The number of hydrogen-bond acceptors (Lipinski definition) is 3. The lowest BCUT2D eigenvalue weighted by atomic mass is 10.0. The molecule has 1 rings (SSSR count). The first-order valence-corrected chi connectivity index (χ1v) is 5.02. The van der Waals surface area contributed by atoms with Crippen LogP contribution in [-0.4, -0.2) is 11.6 Å². The highest BCUT2D eigenvalue weighted by Crippen LogP contribution is 2.23. The molecule has 0 saturated heterocycles. The van der Waals surface area contributed by atoms with Crippen LogP contribution in [0.2, 0.25) is 4.34 Å². The fourth-order valence-corrected chi connectivity index (χ4v) is 1.92. The molecule has 0 spiro atoms. The van der Waals surface area contributed by atoms with Gasteiger partial charge in [-0.2, -0.15) is 0 Å². The maximum absolute atomic E-state index is 11.5. The van der Waals surface area contributed by atoms with Crippen molar-refractivity contribution in [2.24, 2.45) is 5.92 Å². The number of Topliss-reactive ketones (excluding diaryl/α,β-unsaturated/α-hetero) is 2.